The molecule has 1 fully saturated rings. The molecule has 7 heteroatoms. The monoisotopic (exact) mass is 321 g/mol. The molecule has 0 radical (unpaired) electrons. The summed E-state index contributed by atoms with van der Waals surface area (Å²) in [5, 5.41) is 2.71. The molecule has 4 nitrogen and oxygen atoms in total. The number of amides is 1. The predicted octanol–water partition coefficient (Wildman–Crippen LogP) is 2.26. The molecule has 1 unspecified atom stereocenters. The van der Waals surface area contributed by atoms with Crippen molar-refractivity contribution < 1.29 is 9.18 Å². The molecular weight excluding hydrogens is 304 g/mol. The van der Waals surface area contributed by atoms with E-state index in [-0.39, 0.29) is 29.4 Å². The molecule has 1 aliphatic heterocycles. The van der Waals surface area contributed by atoms with Gasteiger partial charge < -0.3 is 11.1 Å². The normalized spacial score (nSPS) is 18.6. The molecule has 112 valence electrons. The number of halogens is 3. The number of nitrogens with zero attached hydrogens (tertiary/aromatic N) is 1. The zero-order valence-corrected chi connectivity index (χ0v) is 12.5. The highest BCUT2D eigenvalue weighted by Gasteiger charge is 2.24. The molecule has 0 saturated carbocycles. The Morgan fingerprint density at radius 2 is 2.30 bits per heavy atom. The Labute approximate surface area is 128 Å². The highest BCUT2D eigenvalue weighted by molar-refractivity contribution is 6.31. The van der Waals surface area contributed by atoms with Gasteiger partial charge in [-0.3, -0.25) is 9.69 Å². The van der Waals surface area contributed by atoms with E-state index in [9.17, 15) is 9.18 Å². The maximum atomic E-state index is 13.0. The Balaban J connectivity index is 0.00000200. The van der Waals surface area contributed by atoms with Gasteiger partial charge in [0.1, 0.15) is 5.82 Å². The summed E-state index contributed by atoms with van der Waals surface area (Å²) in [7, 11) is 0. The van der Waals surface area contributed by atoms with E-state index in [1.54, 1.807) is 0 Å². The van der Waals surface area contributed by atoms with Gasteiger partial charge in [0.2, 0.25) is 5.91 Å². The summed E-state index contributed by atoms with van der Waals surface area (Å²) in [6.07, 6.45) is 2.10. The Bertz CT molecular complexity index is 473. The summed E-state index contributed by atoms with van der Waals surface area (Å²) in [5.74, 6) is -0.634. The van der Waals surface area contributed by atoms with E-state index in [0.717, 1.165) is 19.4 Å². The van der Waals surface area contributed by atoms with Crippen LogP contribution in [-0.4, -0.2) is 36.5 Å². The van der Waals surface area contributed by atoms with Gasteiger partial charge in [-0.05, 0) is 37.6 Å². The minimum Gasteiger partial charge on any atom is -0.329 e. The first-order chi connectivity index (χ1) is 9.10. The van der Waals surface area contributed by atoms with Crippen LogP contribution in [0, 0.1) is 5.82 Å². The lowest BCUT2D eigenvalue weighted by Gasteiger charge is -2.22. The van der Waals surface area contributed by atoms with Gasteiger partial charge in [-0.2, -0.15) is 0 Å². The Hall–Kier alpha value is -0.880. The second-order valence-corrected chi connectivity index (χ2v) is 5.09. The van der Waals surface area contributed by atoms with Crippen molar-refractivity contribution >= 4 is 35.6 Å². The molecule has 1 saturated heterocycles. The van der Waals surface area contributed by atoms with Crippen LogP contribution >= 0.6 is 24.0 Å². The van der Waals surface area contributed by atoms with Crippen molar-refractivity contribution in [1.29, 1.82) is 0 Å². The van der Waals surface area contributed by atoms with Gasteiger partial charge in [0, 0.05) is 18.3 Å². The van der Waals surface area contributed by atoms with Crippen LogP contribution in [0.5, 0.6) is 0 Å². The highest BCUT2D eigenvalue weighted by atomic mass is 35.5. The van der Waals surface area contributed by atoms with E-state index < -0.39 is 5.82 Å². The van der Waals surface area contributed by atoms with Gasteiger partial charge in [0.25, 0.3) is 0 Å². The maximum absolute atomic E-state index is 13.0. The number of nitrogens with one attached hydrogen (secondary N) is 1. The number of hydrogen-bond donors (Lipinski definition) is 2. The van der Waals surface area contributed by atoms with Crippen LogP contribution in [0.3, 0.4) is 0 Å². The molecule has 1 amide bonds. The van der Waals surface area contributed by atoms with E-state index in [1.165, 1.54) is 18.2 Å². The van der Waals surface area contributed by atoms with Crippen LogP contribution in [0.2, 0.25) is 5.02 Å². The number of likely N-dealkylation sites (tertiary alicyclic amines) is 1. The zero-order valence-electron chi connectivity index (χ0n) is 10.9. The van der Waals surface area contributed by atoms with Crippen LogP contribution in [-0.2, 0) is 4.79 Å². The van der Waals surface area contributed by atoms with Crippen molar-refractivity contribution in [3.05, 3.63) is 29.0 Å². The molecule has 1 atom stereocenters. The Morgan fingerprint density at radius 3 is 2.95 bits per heavy atom. The second-order valence-electron chi connectivity index (χ2n) is 4.68. The third-order valence-electron chi connectivity index (χ3n) is 3.32. The molecule has 1 aromatic rings. The first-order valence-corrected chi connectivity index (χ1v) is 6.67. The van der Waals surface area contributed by atoms with E-state index in [4.69, 9.17) is 17.3 Å². The Morgan fingerprint density at radius 1 is 1.55 bits per heavy atom. The molecule has 2 rings (SSSR count). The molecule has 0 spiro atoms. The summed E-state index contributed by atoms with van der Waals surface area (Å²) in [4.78, 5) is 14.0. The lowest BCUT2D eigenvalue weighted by molar-refractivity contribution is -0.117. The maximum Gasteiger partial charge on any atom is 0.238 e. The number of anilines is 1. The third-order valence-corrected chi connectivity index (χ3v) is 3.61. The average molecular weight is 322 g/mol. The molecule has 0 bridgehead atoms. The first kappa shape index (κ1) is 17.2. The lowest BCUT2D eigenvalue weighted by atomic mass is 10.2. The fraction of sp³-hybridized carbons (Fsp3) is 0.462. The van der Waals surface area contributed by atoms with Crippen molar-refractivity contribution in [2.75, 3.05) is 25.0 Å². The average Bonchev–Trinajstić information content (AvgIpc) is 2.81. The van der Waals surface area contributed by atoms with Crippen LogP contribution in [0.15, 0.2) is 18.2 Å². The summed E-state index contributed by atoms with van der Waals surface area (Å²) in [5.41, 5.74) is 6.16. The zero-order chi connectivity index (χ0) is 13.8. The van der Waals surface area contributed by atoms with Crippen LogP contribution in [0.4, 0.5) is 10.1 Å². The van der Waals surface area contributed by atoms with Gasteiger partial charge >= 0.3 is 0 Å². The van der Waals surface area contributed by atoms with E-state index in [0.29, 0.717) is 18.8 Å². The summed E-state index contributed by atoms with van der Waals surface area (Å²) in [6.45, 7) is 1.76. The third kappa shape index (κ3) is 4.31. The fourth-order valence-corrected chi connectivity index (χ4v) is 2.51. The molecule has 3 N–H and O–H groups in total. The summed E-state index contributed by atoms with van der Waals surface area (Å²) < 4.78 is 13.0. The van der Waals surface area contributed by atoms with Crippen LogP contribution < -0.4 is 11.1 Å². The van der Waals surface area contributed by atoms with Gasteiger partial charge in [0.05, 0.1) is 11.6 Å². The number of carbonyl (C=O) groups is 1. The summed E-state index contributed by atoms with van der Waals surface area (Å²) in [6, 6.07) is 4.40. The predicted molar refractivity (Wildman–Crippen MR) is 80.9 cm³/mol. The molecule has 20 heavy (non-hydrogen) atoms. The molecular formula is C13H18Cl2FN3O. The first-order valence-electron chi connectivity index (χ1n) is 6.29. The topological polar surface area (TPSA) is 58.4 Å². The number of nitrogens with two attached hydrogens (primary N) is 1. The van der Waals surface area contributed by atoms with E-state index >= 15 is 0 Å². The molecule has 1 aromatic carbocycles. The summed E-state index contributed by atoms with van der Waals surface area (Å²) >= 11 is 5.66. The van der Waals surface area contributed by atoms with E-state index in [2.05, 4.69) is 10.2 Å². The lowest BCUT2D eigenvalue weighted by Crippen LogP contribution is -2.40. The largest absolute Gasteiger partial charge is 0.329 e. The van der Waals surface area contributed by atoms with Crippen molar-refractivity contribution in [1.82, 2.24) is 4.90 Å². The van der Waals surface area contributed by atoms with Crippen molar-refractivity contribution in [2.24, 2.45) is 5.73 Å². The van der Waals surface area contributed by atoms with Crippen molar-refractivity contribution in [2.45, 2.75) is 18.9 Å². The number of carbonyl (C=O) groups excluding carboxylic acids is 1. The number of rotatable bonds is 4. The molecule has 1 heterocycles. The fourth-order valence-electron chi connectivity index (χ4n) is 2.33. The van der Waals surface area contributed by atoms with Crippen LogP contribution in [0.1, 0.15) is 12.8 Å². The van der Waals surface area contributed by atoms with Crippen LogP contribution in [0.25, 0.3) is 0 Å². The molecule has 0 aliphatic carbocycles. The van der Waals surface area contributed by atoms with Gasteiger partial charge in [-0.15, -0.1) is 12.4 Å². The standard InChI is InChI=1S/C13H17ClFN3O.ClH/c14-11-6-9(3-4-12(11)15)17-13(19)8-18-5-1-2-10(18)7-16;/h3-4,6,10H,1-2,5,7-8,16H2,(H,17,19);1H. The minimum absolute atomic E-state index is 0. The van der Waals surface area contributed by atoms with Crippen molar-refractivity contribution in [3.63, 3.8) is 0 Å². The van der Waals surface area contributed by atoms with Gasteiger partial charge in [-0.25, -0.2) is 4.39 Å². The quantitative estimate of drug-likeness (QED) is 0.894. The number of benzene rings is 1. The molecule has 0 aromatic heterocycles. The van der Waals surface area contributed by atoms with Crippen molar-refractivity contribution in [3.8, 4) is 0 Å². The van der Waals surface area contributed by atoms with Gasteiger partial charge in [0.15, 0.2) is 0 Å². The highest BCUT2D eigenvalue weighted by Crippen LogP contribution is 2.20. The number of hydrogen-bond acceptors (Lipinski definition) is 3. The smallest absolute Gasteiger partial charge is 0.238 e. The molecule has 1 aliphatic rings. The van der Waals surface area contributed by atoms with E-state index in [1.807, 2.05) is 0 Å². The second kappa shape index (κ2) is 7.78. The van der Waals surface area contributed by atoms with Gasteiger partial charge in [-0.1, -0.05) is 11.6 Å². The minimum atomic E-state index is -0.498. The SMILES string of the molecule is Cl.NCC1CCCN1CC(=O)Nc1ccc(F)c(Cl)c1. The Kier molecular flexibility index (Phi) is 6.68.